The SMILES string of the molecule is N[C@@H](CSCCCO[C@H]1O[C@H](CO)[C@H](O)[C@H](O)[C@H]1O)C(=O)O. The Labute approximate surface area is 132 Å². The van der Waals surface area contributed by atoms with Gasteiger partial charge in [0.15, 0.2) is 6.29 Å². The number of thioether (sulfide) groups is 1. The van der Waals surface area contributed by atoms with Gasteiger partial charge in [-0.1, -0.05) is 0 Å². The summed E-state index contributed by atoms with van der Waals surface area (Å²) >= 11 is 1.36. The Morgan fingerprint density at radius 3 is 2.55 bits per heavy atom. The molecule has 130 valence electrons. The molecule has 0 saturated carbocycles. The molecule has 9 nitrogen and oxygen atoms in total. The van der Waals surface area contributed by atoms with Crippen molar-refractivity contribution in [2.75, 3.05) is 24.7 Å². The lowest BCUT2D eigenvalue weighted by Crippen LogP contribution is -2.59. The van der Waals surface area contributed by atoms with Gasteiger partial charge >= 0.3 is 5.97 Å². The van der Waals surface area contributed by atoms with Crippen LogP contribution < -0.4 is 5.73 Å². The molecule has 1 heterocycles. The van der Waals surface area contributed by atoms with E-state index in [1.165, 1.54) is 11.8 Å². The molecular formula is C12H23NO8S. The van der Waals surface area contributed by atoms with Crippen molar-refractivity contribution >= 4 is 17.7 Å². The Balaban J connectivity index is 2.22. The van der Waals surface area contributed by atoms with Crippen LogP contribution >= 0.6 is 11.8 Å². The van der Waals surface area contributed by atoms with Crippen molar-refractivity contribution in [1.29, 1.82) is 0 Å². The van der Waals surface area contributed by atoms with Gasteiger partial charge in [0.25, 0.3) is 0 Å². The smallest absolute Gasteiger partial charge is 0.321 e. The van der Waals surface area contributed by atoms with E-state index in [-0.39, 0.29) is 12.4 Å². The zero-order valence-corrected chi connectivity index (χ0v) is 12.8. The molecular weight excluding hydrogens is 318 g/mol. The molecule has 1 saturated heterocycles. The molecule has 6 atom stereocenters. The molecule has 0 aromatic carbocycles. The minimum atomic E-state index is -1.46. The van der Waals surface area contributed by atoms with E-state index in [2.05, 4.69) is 0 Å². The van der Waals surface area contributed by atoms with Crippen LogP contribution in [0, 0.1) is 0 Å². The second-order valence-corrected chi connectivity index (χ2v) is 6.09. The van der Waals surface area contributed by atoms with E-state index >= 15 is 0 Å². The molecule has 0 aromatic heterocycles. The average Bonchev–Trinajstić information content (AvgIpc) is 2.49. The number of hydrogen-bond donors (Lipinski definition) is 6. The molecule has 0 amide bonds. The first-order chi connectivity index (χ1) is 10.4. The summed E-state index contributed by atoms with van der Waals surface area (Å²) < 4.78 is 10.5. The fourth-order valence-electron chi connectivity index (χ4n) is 1.85. The molecule has 1 aliphatic heterocycles. The van der Waals surface area contributed by atoms with Gasteiger partial charge in [-0.3, -0.25) is 4.79 Å². The van der Waals surface area contributed by atoms with Crippen LogP contribution in [0.2, 0.25) is 0 Å². The van der Waals surface area contributed by atoms with Gasteiger partial charge in [-0.2, -0.15) is 11.8 Å². The van der Waals surface area contributed by atoms with Gasteiger partial charge in [-0.15, -0.1) is 0 Å². The number of hydrogen-bond acceptors (Lipinski definition) is 9. The van der Waals surface area contributed by atoms with Crippen LogP contribution in [0.25, 0.3) is 0 Å². The Hall–Kier alpha value is -0.460. The molecule has 1 rings (SSSR count). The zero-order chi connectivity index (χ0) is 16.7. The van der Waals surface area contributed by atoms with Gasteiger partial charge < -0.3 is 40.7 Å². The third-order valence-electron chi connectivity index (χ3n) is 3.18. The van der Waals surface area contributed by atoms with E-state index in [0.29, 0.717) is 12.2 Å². The van der Waals surface area contributed by atoms with E-state index in [1.54, 1.807) is 0 Å². The van der Waals surface area contributed by atoms with E-state index in [0.717, 1.165) is 0 Å². The van der Waals surface area contributed by atoms with E-state index in [9.17, 15) is 20.1 Å². The molecule has 0 spiro atoms. The highest BCUT2D eigenvalue weighted by Crippen LogP contribution is 2.22. The monoisotopic (exact) mass is 341 g/mol. The Morgan fingerprint density at radius 1 is 1.27 bits per heavy atom. The van der Waals surface area contributed by atoms with E-state index in [1.807, 2.05) is 0 Å². The van der Waals surface area contributed by atoms with Crippen molar-refractivity contribution in [2.45, 2.75) is 43.2 Å². The number of nitrogens with two attached hydrogens (primary N) is 1. The lowest BCUT2D eigenvalue weighted by Gasteiger charge is -2.39. The molecule has 0 radical (unpaired) electrons. The number of carbonyl (C=O) groups is 1. The molecule has 0 aromatic rings. The predicted octanol–water partition coefficient (Wildman–Crippen LogP) is -2.66. The fraction of sp³-hybridized carbons (Fsp3) is 0.917. The molecule has 22 heavy (non-hydrogen) atoms. The first-order valence-corrected chi connectivity index (χ1v) is 8.02. The van der Waals surface area contributed by atoms with Gasteiger partial charge in [0.05, 0.1) is 13.2 Å². The maximum atomic E-state index is 10.5. The lowest BCUT2D eigenvalue weighted by molar-refractivity contribution is -0.300. The third-order valence-corrected chi connectivity index (χ3v) is 4.35. The van der Waals surface area contributed by atoms with Gasteiger partial charge in [-0.25, -0.2) is 0 Å². The van der Waals surface area contributed by atoms with Crippen LogP contribution in [0.5, 0.6) is 0 Å². The Morgan fingerprint density at radius 2 is 1.95 bits per heavy atom. The standard InChI is InChI=1S/C12H23NO8S/c13-6(11(18)19)5-22-3-1-2-20-12-10(17)9(16)8(15)7(4-14)21-12/h6-10,12,14-17H,1-5,13H2,(H,18,19)/t6-,7+,8-,9-,10+,12-/m0/s1. The lowest BCUT2D eigenvalue weighted by atomic mass is 9.99. The maximum Gasteiger partial charge on any atom is 0.321 e. The van der Waals surface area contributed by atoms with E-state index < -0.39 is 49.3 Å². The first kappa shape index (κ1) is 19.6. The average molecular weight is 341 g/mol. The summed E-state index contributed by atoms with van der Waals surface area (Å²) in [4.78, 5) is 10.5. The zero-order valence-electron chi connectivity index (χ0n) is 11.9. The third kappa shape index (κ3) is 5.63. The molecule has 7 N–H and O–H groups in total. The molecule has 10 heteroatoms. The van der Waals surface area contributed by atoms with Crippen LogP contribution in [0.15, 0.2) is 0 Å². The topological polar surface area (TPSA) is 163 Å². The van der Waals surface area contributed by atoms with Crippen LogP contribution in [0.4, 0.5) is 0 Å². The number of carboxylic acid groups (broad SMARTS) is 1. The molecule has 1 fully saturated rings. The molecule has 0 bridgehead atoms. The highest BCUT2D eigenvalue weighted by Gasteiger charge is 2.43. The highest BCUT2D eigenvalue weighted by atomic mass is 32.2. The Bertz CT molecular complexity index is 345. The van der Waals surface area contributed by atoms with Gasteiger partial charge in [-0.05, 0) is 12.2 Å². The summed E-state index contributed by atoms with van der Waals surface area (Å²) in [6.07, 6.45) is -5.85. The largest absolute Gasteiger partial charge is 0.480 e. The number of carboxylic acids is 1. The maximum absolute atomic E-state index is 10.5. The van der Waals surface area contributed by atoms with Gasteiger partial charge in [0.2, 0.25) is 0 Å². The Kier molecular flexibility index (Phi) is 8.57. The fourth-order valence-corrected chi connectivity index (χ4v) is 2.73. The van der Waals surface area contributed by atoms with Crippen molar-refractivity contribution in [1.82, 2.24) is 0 Å². The van der Waals surface area contributed by atoms with Gasteiger partial charge in [0, 0.05) is 5.75 Å². The summed E-state index contributed by atoms with van der Waals surface area (Å²) in [5, 5.41) is 46.5. The molecule has 1 aliphatic rings. The van der Waals surface area contributed by atoms with Crippen molar-refractivity contribution in [3.8, 4) is 0 Å². The number of aliphatic hydroxyl groups is 4. The van der Waals surface area contributed by atoms with Crippen LogP contribution in [-0.4, -0.2) is 93.0 Å². The summed E-state index contributed by atoms with van der Waals surface area (Å²) in [6.45, 7) is -0.300. The quantitative estimate of drug-likeness (QED) is 0.244. The summed E-state index contributed by atoms with van der Waals surface area (Å²) in [5.41, 5.74) is 5.35. The summed E-state index contributed by atoms with van der Waals surface area (Å²) in [7, 11) is 0. The van der Waals surface area contributed by atoms with Crippen LogP contribution in [0.3, 0.4) is 0 Å². The van der Waals surface area contributed by atoms with Crippen LogP contribution in [-0.2, 0) is 14.3 Å². The predicted molar refractivity (Wildman–Crippen MR) is 77.3 cm³/mol. The molecule has 0 aliphatic carbocycles. The number of rotatable bonds is 9. The number of ether oxygens (including phenoxy) is 2. The van der Waals surface area contributed by atoms with Crippen molar-refractivity contribution in [2.24, 2.45) is 5.73 Å². The minimum absolute atomic E-state index is 0.206. The van der Waals surface area contributed by atoms with Crippen LogP contribution in [0.1, 0.15) is 6.42 Å². The number of aliphatic hydroxyl groups excluding tert-OH is 4. The summed E-state index contributed by atoms with van der Waals surface area (Å²) in [6, 6.07) is -0.906. The van der Waals surface area contributed by atoms with Crippen molar-refractivity contribution in [3.63, 3.8) is 0 Å². The highest BCUT2D eigenvalue weighted by molar-refractivity contribution is 7.99. The van der Waals surface area contributed by atoms with Crippen molar-refractivity contribution in [3.05, 3.63) is 0 Å². The minimum Gasteiger partial charge on any atom is -0.480 e. The van der Waals surface area contributed by atoms with E-state index in [4.69, 9.17) is 25.4 Å². The first-order valence-electron chi connectivity index (χ1n) is 6.86. The molecule has 0 unspecified atom stereocenters. The van der Waals surface area contributed by atoms with Crippen molar-refractivity contribution < 1.29 is 39.8 Å². The van der Waals surface area contributed by atoms with Gasteiger partial charge in [0.1, 0.15) is 30.5 Å². The summed E-state index contributed by atoms with van der Waals surface area (Å²) in [5.74, 6) is -0.154. The normalized spacial score (nSPS) is 33.6. The number of aliphatic carboxylic acids is 1. The second-order valence-electron chi connectivity index (χ2n) is 4.94. The second kappa shape index (κ2) is 9.63.